The average molecular weight is 317 g/mol. The molecule has 1 aliphatic carbocycles. The lowest BCUT2D eigenvalue weighted by Gasteiger charge is -2.10. The molecule has 1 unspecified atom stereocenters. The van der Waals surface area contributed by atoms with Gasteiger partial charge in [-0.25, -0.2) is 0 Å². The van der Waals surface area contributed by atoms with Crippen molar-refractivity contribution in [1.29, 1.82) is 0 Å². The maximum absolute atomic E-state index is 12.6. The molecule has 0 saturated heterocycles. The van der Waals surface area contributed by atoms with E-state index in [9.17, 15) is 4.79 Å². The largest absolute Gasteiger partial charge is 0.497 e. The van der Waals surface area contributed by atoms with Crippen LogP contribution in [0, 0.1) is 0 Å². The Morgan fingerprint density at radius 2 is 1.95 bits per heavy atom. The van der Waals surface area contributed by atoms with Gasteiger partial charge in [0.1, 0.15) is 5.75 Å². The van der Waals surface area contributed by atoms with Crippen LogP contribution in [-0.4, -0.2) is 12.9 Å². The molecule has 0 bridgehead atoms. The third kappa shape index (κ3) is 2.08. The summed E-state index contributed by atoms with van der Waals surface area (Å²) >= 11 is 3.69. The molecule has 19 heavy (non-hydrogen) atoms. The van der Waals surface area contributed by atoms with Gasteiger partial charge in [-0.15, -0.1) is 0 Å². The summed E-state index contributed by atoms with van der Waals surface area (Å²) in [6.45, 7) is 0. The summed E-state index contributed by atoms with van der Waals surface area (Å²) in [5.74, 6) is 0.882. The van der Waals surface area contributed by atoms with Crippen molar-refractivity contribution in [2.45, 2.75) is 11.2 Å². The fourth-order valence-corrected chi connectivity index (χ4v) is 3.26. The maximum atomic E-state index is 12.6. The Kier molecular flexibility index (Phi) is 3.15. The van der Waals surface area contributed by atoms with Crippen LogP contribution in [0.15, 0.2) is 42.5 Å². The van der Waals surface area contributed by atoms with Gasteiger partial charge >= 0.3 is 0 Å². The van der Waals surface area contributed by atoms with Gasteiger partial charge in [0.15, 0.2) is 5.78 Å². The smallest absolute Gasteiger partial charge is 0.193 e. The number of methoxy groups -OCH3 is 1. The second kappa shape index (κ2) is 4.82. The van der Waals surface area contributed by atoms with Crippen molar-refractivity contribution in [3.63, 3.8) is 0 Å². The molecule has 3 rings (SSSR count). The maximum Gasteiger partial charge on any atom is 0.193 e. The number of hydrogen-bond acceptors (Lipinski definition) is 2. The molecule has 3 heteroatoms. The van der Waals surface area contributed by atoms with Crippen molar-refractivity contribution >= 4 is 21.7 Å². The Hall–Kier alpha value is -1.61. The third-order valence-electron chi connectivity index (χ3n) is 3.50. The zero-order valence-electron chi connectivity index (χ0n) is 10.5. The number of ether oxygens (including phenoxy) is 1. The molecule has 0 aromatic heterocycles. The van der Waals surface area contributed by atoms with E-state index in [-0.39, 0.29) is 10.6 Å². The van der Waals surface area contributed by atoms with Crippen molar-refractivity contribution < 1.29 is 9.53 Å². The van der Waals surface area contributed by atoms with E-state index in [1.54, 1.807) is 7.11 Å². The molecule has 2 aromatic rings. The predicted octanol–water partition coefficient (Wildman–Crippen LogP) is 3.92. The van der Waals surface area contributed by atoms with Gasteiger partial charge in [-0.1, -0.05) is 40.2 Å². The van der Waals surface area contributed by atoms with E-state index in [1.807, 2.05) is 42.5 Å². The minimum absolute atomic E-state index is 0.0928. The number of rotatable bonds is 1. The monoisotopic (exact) mass is 316 g/mol. The number of ketones is 1. The predicted molar refractivity (Wildman–Crippen MR) is 78.2 cm³/mol. The van der Waals surface area contributed by atoms with Crippen LogP contribution in [0.25, 0.3) is 0 Å². The number of alkyl halides is 1. The molecule has 2 aromatic carbocycles. The summed E-state index contributed by atoms with van der Waals surface area (Å²) in [6, 6.07) is 13.4. The molecule has 0 N–H and O–H groups in total. The first kappa shape index (κ1) is 12.4. The minimum Gasteiger partial charge on any atom is -0.497 e. The molecular weight excluding hydrogens is 304 g/mol. The summed E-state index contributed by atoms with van der Waals surface area (Å²) in [5.41, 5.74) is 3.65. The Balaban J connectivity index is 2.19. The van der Waals surface area contributed by atoms with Crippen molar-refractivity contribution in [3.8, 4) is 5.75 Å². The molecule has 0 heterocycles. The quantitative estimate of drug-likeness (QED) is 0.745. The van der Waals surface area contributed by atoms with Crippen LogP contribution in [-0.2, 0) is 6.42 Å². The molecule has 96 valence electrons. The Morgan fingerprint density at radius 3 is 2.74 bits per heavy atom. The summed E-state index contributed by atoms with van der Waals surface area (Å²) in [5, 5.41) is 0. The van der Waals surface area contributed by atoms with Crippen LogP contribution in [0.1, 0.15) is 31.9 Å². The summed E-state index contributed by atoms with van der Waals surface area (Å²) in [6.07, 6.45) is 0.787. The van der Waals surface area contributed by atoms with Crippen LogP contribution in [0.3, 0.4) is 0 Å². The van der Waals surface area contributed by atoms with E-state index in [0.717, 1.165) is 34.4 Å². The van der Waals surface area contributed by atoms with Crippen LogP contribution >= 0.6 is 15.9 Å². The first-order valence-corrected chi connectivity index (χ1v) is 7.07. The third-order valence-corrected chi connectivity index (χ3v) is 4.32. The number of hydrogen-bond donors (Lipinski definition) is 0. The molecule has 0 fully saturated rings. The highest BCUT2D eigenvalue weighted by molar-refractivity contribution is 9.09. The molecule has 0 aliphatic heterocycles. The van der Waals surface area contributed by atoms with Crippen LogP contribution in [0.5, 0.6) is 5.75 Å². The standard InChI is InChI=1S/C16H13BrO2/c1-19-11-6-7-12-10(8-11)9-15(17)13-4-2-3-5-14(13)16(12)18/h2-8,15H,9H2,1H3. The Morgan fingerprint density at radius 1 is 1.16 bits per heavy atom. The fraction of sp³-hybridized carbons (Fsp3) is 0.188. The summed E-state index contributed by atoms with van der Waals surface area (Å²) in [7, 11) is 1.64. The van der Waals surface area contributed by atoms with Gasteiger partial charge in [-0.05, 0) is 35.7 Å². The number of fused-ring (bicyclic) bond motifs is 2. The average Bonchev–Trinajstić information content (AvgIpc) is 2.55. The first-order valence-electron chi connectivity index (χ1n) is 6.15. The van der Waals surface area contributed by atoms with Crippen molar-refractivity contribution in [3.05, 3.63) is 64.7 Å². The van der Waals surface area contributed by atoms with Gasteiger partial charge in [-0.2, -0.15) is 0 Å². The Labute approximate surface area is 120 Å². The SMILES string of the molecule is COc1ccc2c(c1)CC(Br)c1ccccc1C2=O. The number of halogens is 1. The van der Waals surface area contributed by atoms with E-state index in [1.165, 1.54) is 0 Å². The van der Waals surface area contributed by atoms with Gasteiger partial charge in [0.25, 0.3) is 0 Å². The van der Waals surface area contributed by atoms with Crippen molar-refractivity contribution in [2.24, 2.45) is 0 Å². The van der Waals surface area contributed by atoms with E-state index in [2.05, 4.69) is 15.9 Å². The number of carbonyl (C=O) groups is 1. The van der Waals surface area contributed by atoms with Crippen molar-refractivity contribution in [1.82, 2.24) is 0 Å². The van der Waals surface area contributed by atoms with Gasteiger partial charge in [0, 0.05) is 16.0 Å². The highest BCUT2D eigenvalue weighted by Crippen LogP contribution is 2.36. The zero-order valence-corrected chi connectivity index (χ0v) is 12.1. The molecule has 0 saturated carbocycles. The lowest BCUT2D eigenvalue weighted by Crippen LogP contribution is -2.04. The second-order valence-corrected chi connectivity index (χ2v) is 5.72. The molecule has 2 nitrogen and oxygen atoms in total. The zero-order chi connectivity index (χ0) is 13.4. The van der Waals surface area contributed by atoms with E-state index < -0.39 is 0 Å². The van der Waals surface area contributed by atoms with E-state index >= 15 is 0 Å². The van der Waals surface area contributed by atoms with Gasteiger partial charge < -0.3 is 4.74 Å². The van der Waals surface area contributed by atoms with Crippen LogP contribution < -0.4 is 4.74 Å². The van der Waals surface area contributed by atoms with E-state index in [4.69, 9.17) is 4.74 Å². The topological polar surface area (TPSA) is 26.3 Å². The first-order chi connectivity index (χ1) is 9.20. The fourth-order valence-electron chi connectivity index (χ4n) is 2.51. The lowest BCUT2D eigenvalue weighted by molar-refractivity contribution is 0.103. The molecule has 1 aliphatic rings. The van der Waals surface area contributed by atoms with E-state index in [0.29, 0.717) is 0 Å². The van der Waals surface area contributed by atoms with Crippen LogP contribution in [0.4, 0.5) is 0 Å². The number of carbonyl (C=O) groups excluding carboxylic acids is 1. The lowest BCUT2D eigenvalue weighted by atomic mass is 9.99. The molecule has 0 amide bonds. The highest BCUT2D eigenvalue weighted by atomic mass is 79.9. The summed E-state index contributed by atoms with van der Waals surface area (Å²) < 4.78 is 5.24. The molecule has 1 atom stereocenters. The minimum atomic E-state index is 0.0928. The highest BCUT2D eigenvalue weighted by Gasteiger charge is 2.25. The summed E-state index contributed by atoms with van der Waals surface area (Å²) in [4.78, 5) is 12.8. The van der Waals surface area contributed by atoms with Crippen molar-refractivity contribution in [2.75, 3.05) is 7.11 Å². The van der Waals surface area contributed by atoms with Gasteiger partial charge in [0.2, 0.25) is 0 Å². The number of benzene rings is 2. The van der Waals surface area contributed by atoms with Gasteiger partial charge in [-0.3, -0.25) is 4.79 Å². The molecular formula is C16H13BrO2. The molecule has 0 spiro atoms. The normalized spacial score (nSPS) is 17.4. The van der Waals surface area contributed by atoms with Gasteiger partial charge in [0.05, 0.1) is 7.11 Å². The molecule has 0 radical (unpaired) electrons. The second-order valence-electron chi connectivity index (χ2n) is 4.61. The van der Waals surface area contributed by atoms with Crippen LogP contribution in [0.2, 0.25) is 0 Å². The Bertz CT molecular complexity index is 649.